The molecule has 2 heterocycles. The van der Waals surface area contributed by atoms with E-state index in [2.05, 4.69) is 5.32 Å². The molecule has 112 valence electrons. The molecule has 0 saturated carbocycles. The van der Waals surface area contributed by atoms with Crippen molar-refractivity contribution < 1.29 is 19.5 Å². The third-order valence-corrected chi connectivity index (χ3v) is 5.07. The van der Waals surface area contributed by atoms with E-state index in [-0.39, 0.29) is 22.8 Å². The van der Waals surface area contributed by atoms with Gasteiger partial charge in [0.25, 0.3) is 0 Å². The van der Waals surface area contributed by atoms with Crippen LogP contribution in [0.25, 0.3) is 9.75 Å². The number of carbonyl (C=O) groups is 3. The fourth-order valence-electron chi connectivity index (χ4n) is 1.66. The normalized spacial score (nSPS) is 10.0. The Balaban J connectivity index is 2.37. The van der Waals surface area contributed by atoms with Gasteiger partial charge in [0.2, 0.25) is 5.91 Å². The molecular formula is C14H9N2O4S2-. The number of ketones is 1. The van der Waals surface area contributed by atoms with Crippen LogP contribution in [0.1, 0.15) is 33.4 Å². The van der Waals surface area contributed by atoms with Gasteiger partial charge in [-0.25, -0.2) is 0 Å². The molecule has 0 bridgehead atoms. The van der Waals surface area contributed by atoms with Crippen LogP contribution >= 0.6 is 22.7 Å². The molecule has 8 heteroatoms. The number of amides is 1. The molecule has 6 nitrogen and oxygen atoms in total. The number of aromatic carboxylic acids is 1. The number of carboxylic acids is 1. The predicted molar refractivity (Wildman–Crippen MR) is 80.8 cm³/mol. The summed E-state index contributed by atoms with van der Waals surface area (Å²) in [4.78, 5) is 35.8. The van der Waals surface area contributed by atoms with Crippen LogP contribution in [0.2, 0.25) is 0 Å². The lowest BCUT2D eigenvalue weighted by atomic mass is 10.2. The van der Waals surface area contributed by atoms with Crippen molar-refractivity contribution in [2.24, 2.45) is 0 Å². The van der Waals surface area contributed by atoms with Gasteiger partial charge in [0, 0.05) is 15.3 Å². The number of carbonyl (C=O) groups excluding carboxylic acids is 3. The van der Waals surface area contributed by atoms with E-state index in [1.54, 1.807) is 18.2 Å². The quantitative estimate of drug-likeness (QED) is 0.840. The number of nitrogens with zero attached hydrogens (tertiary/aromatic N) is 1. The third-order valence-electron chi connectivity index (χ3n) is 2.64. The molecule has 0 unspecified atom stereocenters. The van der Waals surface area contributed by atoms with E-state index in [1.807, 2.05) is 0 Å². The van der Waals surface area contributed by atoms with Crippen molar-refractivity contribution in [2.45, 2.75) is 13.3 Å². The first kappa shape index (κ1) is 15.9. The lowest BCUT2D eigenvalue weighted by Gasteiger charge is -2.04. The summed E-state index contributed by atoms with van der Waals surface area (Å²) in [5, 5.41) is 22.1. The van der Waals surface area contributed by atoms with Crippen LogP contribution in [0.3, 0.4) is 0 Å². The minimum Gasteiger partial charge on any atom is -0.545 e. The first-order chi connectivity index (χ1) is 10.4. The molecule has 0 aromatic carbocycles. The number of hydrogen-bond acceptors (Lipinski definition) is 7. The number of thiophene rings is 2. The fourth-order valence-corrected chi connectivity index (χ4v) is 3.70. The van der Waals surface area contributed by atoms with Gasteiger partial charge in [-0.2, -0.15) is 5.26 Å². The van der Waals surface area contributed by atoms with Crippen LogP contribution in [0, 0.1) is 11.3 Å². The number of nitrogens with one attached hydrogen (secondary N) is 1. The highest BCUT2D eigenvalue weighted by molar-refractivity contribution is 7.25. The Morgan fingerprint density at radius 3 is 2.55 bits per heavy atom. The lowest BCUT2D eigenvalue weighted by Crippen LogP contribution is -2.23. The first-order valence-corrected chi connectivity index (χ1v) is 7.68. The molecule has 1 N–H and O–H groups in total. The molecule has 0 atom stereocenters. The summed E-state index contributed by atoms with van der Waals surface area (Å²) in [6.07, 6.45) is -0.368. The smallest absolute Gasteiger partial charge is 0.239 e. The summed E-state index contributed by atoms with van der Waals surface area (Å²) >= 11 is 2.30. The van der Waals surface area contributed by atoms with Crippen molar-refractivity contribution in [1.82, 2.24) is 0 Å². The van der Waals surface area contributed by atoms with Gasteiger partial charge in [-0.05, 0) is 25.1 Å². The van der Waals surface area contributed by atoms with Gasteiger partial charge < -0.3 is 15.2 Å². The molecule has 1 amide bonds. The van der Waals surface area contributed by atoms with Crippen LogP contribution in [0.5, 0.6) is 0 Å². The largest absolute Gasteiger partial charge is 0.545 e. The Hall–Kier alpha value is -2.50. The number of anilines is 1. The standard InChI is InChI=1S/C14H10N2O4S2/c1-7(17)9-2-3-10(21-9)11-6-8(14(19)20)13(22-11)16-12(18)4-5-15/h2-3,6H,4H2,1H3,(H,16,18)(H,19,20)/p-1. The van der Waals surface area contributed by atoms with E-state index in [9.17, 15) is 19.5 Å². The van der Waals surface area contributed by atoms with Gasteiger partial charge in [-0.3, -0.25) is 9.59 Å². The van der Waals surface area contributed by atoms with E-state index >= 15 is 0 Å². The second-order valence-corrected chi connectivity index (χ2v) is 6.38. The van der Waals surface area contributed by atoms with E-state index in [0.717, 1.165) is 16.2 Å². The highest BCUT2D eigenvalue weighted by atomic mass is 32.1. The monoisotopic (exact) mass is 333 g/mol. The Bertz CT molecular complexity index is 798. The van der Waals surface area contributed by atoms with Crippen molar-refractivity contribution in [3.63, 3.8) is 0 Å². The van der Waals surface area contributed by atoms with E-state index in [0.29, 0.717) is 9.75 Å². The van der Waals surface area contributed by atoms with Crippen LogP contribution < -0.4 is 10.4 Å². The summed E-state index contributed by atoms with van der Waals surface area (Å²) < 4.78 is 0. The van der Waals surface area contributed by atoms with Crippen molar-refractivity contribution in [3.05, 3.63) is 28.6 Å². The van der Waals surface area contributed by atoms with Crippen molar-refractivity contribution in [2.75, 3.05) is 5.32 Å². The minimum absolute atomic E-state index is 0.0736. The molecule has 0 spiro atoms. The van der Waals surface area contributed by atoms with Gasteiger partial charge in [-0.15, -0.1) is 22.7 Å². The van der Waals surface area contributed by atoms with Crippen LogP contribution in [0.15, 0.2) is 18.2 Å². The summed E-state index contributed by atoms with van der Waals surface area (Å²) in [7, 11) is 0. The maximum Gasteiger partial charge on any atom is 0.239 e. The molecule has 2 rings (SSSR count). The van der Waals surface area contributed by atoms with Gasteiger partial charge in [0.05, 0.1) is 16.9 Å². The third kappa shape index (κ3) is 3.39. The SMILES string of the molecule is CC(=O)c1ccc(-c2cc(C(=O)[O-])c(NC(=O)CC#N)s2)s1. The first-order valence-electron chi connectivity index (χ1n) is 6.05. The summed E-state index contributed by atoms with van der Waals surface area (Å²) in [5.74, 6) is -2.08. The van der Waals surface area contributed by atoms with Gasteiger partial charge in [0.15, 0.2) is 5.78 Å². The zero-order valence-electron chi connectivity index (χ0n) is 11.3. The maximum atomic E-state index is 11.4. The number of rotatable bonds is 5. The molecular weight excluding hydrogens is 324 g/mol. The highest BCUT2D eigenvalue weighted by Gasteiger charge is 2.15. The summed E-state index contributed by atoms with van der Waals surface area (Å²) in [6, 6.07) is 6.45. The lowest BCUT2D eigenvalue weighted by molar-refractivity contribution is -0.254. The molecule has 0 saturated heterocycles. The number of carboxylic acid groups (broad SMARTS) is 1. The van der Waals surface area contributed by atoms with E-state index in [4.69, 9.17) is 5.26 Å². The maximum absolute atomic E-state index is 11.4. The average molecular weight is 333 g/mol. The zero-order chi connectivity index (χ0) is 16.3. The van der Waals surface area contributed by atoms with Gasteiger partial charge >= 0.3 is 0 Å². The van der Waals surface area contributed by atoms with E-state index in [1.165, 1.54) is 24.3 Å². The number of nitriles is 1. The molecule has 0 aliphatic carbocycles. The molecule has 0 radical (unpaired) electrons. The minimum atomic E-state index is -1.42. The Labute approximate surface area is 133 Å². The van der Waals surface area contributed by atoms with Crippen molar-refractivity contribution in [1.29, 1.82) is 5.26 Å². The molecule has 0 aliphatic rings. The highest BCUT2D eigenvalue weighted by Crippen LogP contribution is 2.38. The summed E-state index contributed by atoms with van der Waals surface area (Å²) in [5.41, 5.74) is -0.149. The second-order valence-electron chi connectivity index (χ2n) is 4.24. The molecule has 2 aromatic heterocycles. The number of Topliss-reactive ketones (excluding diaryl/α,β-unsaturated/α-hetero) is 1. The number of hydrogen-bond donors (Lipinski definition) is 1. The van der Waals surface area contributed by atoms with Gasteiger partial charge in [0.1, 0.15) is 11.4 Å². The van der Waals surface area contributed by atoms with Crippen molar-refractivity contribution >= 4 is 45.3 Å². The van der Waals surface area contributed by atoms with Crippen LogP contribution in [-0.4, -0.2) is 17.7 Å². The summed E-state index contributed by atoms with van der Waals surface area (Å²) in [6.45, 7) is 1.45. The molecule has 0 fully saturated rings. The van der Waals surface area contributed by atoms with E-state index < -0.39 is 11.9 Å². The molecule has 0 aliphatic heterocycles. The van der Waals surface area contributed by atoms with Crippen LogP contribution in [0.4, 0.5) is 5.00 Å². The molecule has 2 aromatic rings. The predicted octanol–water partition coefficient (Wildman–Crippen LogP) is 1.89. The molecule has 22 heavy (non-hydrogen) atoms. The topological polar surface area (TPSA) is 110 Å². The Kier molecular flexibility index (Phi) is 4.70. The second kappa shape index (κ2) is 6.51. The van der Waals surface area contributed by atoms with Crippen LogP contribution in [-0.2, 0) is 4.79 Å². The zero-order valence-corrected chi connectivity index (χ0v) is 13.0. The van der Waals surface area contributed by atoms with Crippen molar-refractivity contribution in [3.8, 4) is 15.8 Å². The van der Waals surface area contributed by atoms with Gasteiger partial charge in [-0.1, -0.05) is 0 Å². The fraction of sp³-hybridized carbons (Fsp3) is 0.143. The Morgan fingerprint density at radius 2 is 2.00 bits per heavy atom. The Morgan fingerprint density at radius 1 is 1.27 bits per heavy atom. The average Bonchev–Trinajstić information content (AvgIpc) is 3.04.